The zero-order chi connectivity index (χ0) is 17.1. The number of hydrogen-bond donors (Lipinski definition) is 1. The van der Waals surface area contributed by atoms with Gasteiger partial charge in [-0.25, -0.2) is 4.52 Å². The Morgan fingerprint density at radius 1 is 1.36 bits per heavy atom. The number of nitrogens with zero attached hydrogens (tertiary/aromatic N) is 3. The summed E-state index contributed by atoms with van der Waals surface area (Å²) in [6.45, 7) is 2.30. The second kappa shape index (κ2) is 5.59. The molecule has 0 saturated heterocycles. The van der Waals surface area contributed by atoms with Gasteiger partial charge in [0, 0.05) is 12.2 Å². The lowest BCUT2D eigenvalue weighted by molar-refractivity contribution is -0.155. The molecule has 4 fully saturated rings. The highest BCUT2D eigenvalue weighted by molar-refractivity contribution is 6.28. The van der Waals surface area contributed by atoms with Gasteiger partial charge in [-0.1, -0.05) is 0 Å². The number of hydrogen-bond acceptors (Lipinski definition) is 5. The van der Waals surface area contributed by atoms with E-state index in [-0.39, 0.29) is 23.2 Å². The van der Waals surface area contributed by atoms with Crippen molar-refractivity contribution in [3.05, 3.63) is 23.6 Å². The quantitative estimate of drug-likeness (QED) is 0.849. The molecule has 2 aromatic heterocycles. The number of esters is 1. The Hall–Kier alpha value is -1.82. The van der Waals surface area contributed by atoms with Crippen molar-refractivity contribution in [2.45, 2.75) is 32.2 Å². The van der Waals surface area contributed by atoms with Gasteiger partial charge in [-0.3, -0.25) is 4.79 Å². The molecule has 4 aliphatic rings. The third kappa shape index (κ3) is 2.34. The van der Waals surface area contributed by atoms with E-state index in [4.69, 9.17) is 16.3 Å². The standard InChI is InChI=1S/C18H21ClN4O2/c1-2-25-17(24)14-9-5-6-10(12-8-11(9)12)15(14)20-16-13-4-3-7-23(13)22-18(19)21-16/h3-4,7,9-12,14-15H,2,5-6,8H2,1H3,(H,20,21,22)/t9-,10+,11?,12?,14-,15-/m0/s1. The number of halogens is 1. The Bertz CT molecular complexity index is 838. The maximum atomic E-state index is 12.7. The van der Waals surface area contributed by atoms with Crippen molar-refractivity contribution < 1.29 is 9.53 Å². The topological polar surface area (TPSA) is 68.5 Å². The molecule has 4 aliphatic carbocycles. The highest BCUT2D eigenvalue weighted by Gasteiger charge is 2.63. The number of rotatable bonds is 4. The Morgan fingerprint density at radius 3 is 3.00 bits per heavy atom. The fraction of sp³-hybridized carbons (Fsp3) is 0.611. The second-order valence-corrected chi connectivity index (χ2v) is 7.82. The van der Waals surface area contributed by atoms with E-state index < -0.39 is 0 Å². The highest BCUT2D eigenvalue weighted by atomic mass is 35.5. The van der Waals surface area contributed by atoms with Crippen LogP contribution in [0.4, 0.5) is 5.82 Å². The summed E-state index contributed by atoms with van der Waals surface area (Å²) < 4.78 is 7.14. The molecule has 6 nitrogen and oxygen atoms in total. The van der Waals surface area contributed by atoms with Gasteiger partial charge < -0.3 is 10.1 Å². The van der Waals surface area contributed by atoms with Gasteiger partial charge in [-0.2, -0.15) is 4.98 Å². The van der Waals surface area contributed by atoms with Crippen molar-refractivity contribution in [3.63, 3.8) is 0 Å². The molecule has 0 radical (unpaired) electrons. The van der Waals surface area contributed by atoms with Gasteiger partial charge in [0.1, 0.15) is 5.52 Å². The molecule has 0 amide bonds. The van der Waals surface area contributed by atoms with Gasteiger partial charge in [-0.05, 0) is 73.6 Å². The number of fused-ring (bicyclic) bond motifs is 3. The lowest BCUT2D eigenvalue weighted by Crippen LogP contribution is -2.53. The molecule has 2 aromatic rings. The summed E-state index contributed by atoms with van der Waals surface area (Å²) in [5.74, 6) is 2.96. The fourth-order valence-electron chi connectivity index (χ4n) is 5.39. The molecule has 132 valence electrons. The molecule has 6 rings (SSSR count). The summed E-state index contributed by atoms with van der Waals surface area (Å²) in [5.41, 5.74) is 0.876. The van der Waals surface area contributed by atoms with E-state index in [1.54, 1.807) is 4.52 Å². The zero-order valence-corrected chi connectivity index (χ0v) is 14.8. The number of carbonyl (C=O) groups is 1. The van der Waals surface area contributed by atoms with E-state index in [1.165, 1.54) is 12.8 Å². The molecule has 4 saturated carbocycles. The maximum Gasteiger partial charge on any atom is 0.311 e. The molecule has 0 spiro atoms. The van der Waals surface area contributed by atoms with Gasteiger partial charge >= 0.3 is 5.97 Å². The van der Waals surface area contributed by atoms with Crippen molar-refractivity contribution in [3.8, 4) is 0 Å². The number of aromatic nitrogens is 3. The van der Waals surface area contributed by atoms with E-state index in [0.29, 0.717) is 30.2 Å². The van der Waals surface area contributed by atoms with Gasteiger partial charge in [0.2, 0.25) is 5.28 Å². The smallest absolute Gasteiger partial charge is 0.311 e. The number of nitrogens with one attached hydrogen (secondary N) is 1. The van der Waals surface area contributed by atoms with E-state index >= 15 is 0 Å². The van der Waals surface area contributed by atoms with Crippen LogP contribution in [0.3, 0.4) is 0 Å². The Balaban J connectivity index is 1.52. The minimum absolute atomic E-state index is 0.0613. The summed E-state index contributed by atoms with van der Waals surface area (Å²) in [6, 6.07) is 3.93. The van der Waals surface area contributed by atoms with Gasteiger partial charge in [0.25, 0.3) is 0 Å². The van der Waals surface area contributed by atoms with Crippen LogP contribution in [0.25, 0.3) is 5.52 Å². The van der Waals surface area contributed by atoms with Crippen LogP contribution in [0.5, 0.6) is 0 Å². The first-order valence-electron chi connectivity index (χ1n) is 9.11. The summed E-state index contributed by atoms with van der Waals surface area (Å²) in [6.07, 6.45) is 5.42. The first kappa shape index (κ1) is 15.4. The summed E-state index contributed by atoms with van der Waals surface area (Å²) >= 11 is 6.09. The zero-order valence-electron chi connectivity index (χ0n) is 14.1. The van der Waals surface area contributed by atoms with Crippen LogP contribution >= 0.6 is 11.6 Å². The van der Waals surface area contributed by atoms with E-state index in [2.05, 4.69) is 15.4 Å². The number of anilines is 1. The SMILES string of the molecule is CCOC(=O)[C@@H]1[C@@H](Nc2nc(Cl)nn3cccc23)[C@@H]2CC[C@H]1C1CC12. The van der Waals surface area contributed by atoms with Crippen LogP contribution in [0, 0.1) is 29.6 Å². The summed E-state index contributed by atoms with van der Waals surface area (Å²) in [5, 5.41) is 7.95. The average Bonchev–Trinajstić information content (AvgIpc) is 3.28. The predicted molar refractivity (Wildman–Crippen MR) is 93.3 cm³/mol. The van der Waals surface area contributed by atoms with Crippen molar-refractivity contribution in [2.24, 2.45) is 29.6 Å². The van der Waals surface area contributed by atoms with Crippen molar-refractivity contribution in [1.29, 1.82) is 0 Å². The fourth-order valence-corrected chi connectivity index (χ4v) is 5.55. The molecule has 6 atom stereocenters. The third-order valence-corrected chi connectivity index (χ3v) is 6.52. The van der Waals surface area contributed by atoms with Crippen LogP contribution < -0.4 is 5.32 Å². The van der Waals surface area contributed by atoms with Crippen molar-refractivity contribution >= 4 is 28.9 Å². The average molecular weight is 361 g/mol. The molecule has 2 unspecified atom stereocenters. The molecule has 25 heavy (non-hydrogen) atoms. The molecule has 2 heterocycles. The second-order valence-electron chi connectivity index (χ2n) is 7.48. The third-order valence-electron chi connectivity index (χ3n) is 6.36. The van der Waals surface area contributed by atoms with Crippen LogP contribution in [-0.2, 0) is 9.53 Å². The molecule has 7 heteroatoms. The van der Waals surface area contributed by atoms with Crippen LogP contribution in [0.1, 0.15) is 26.2 Å². The first-order chi connectivity index (χ1) is 12.2. The highest BCUT2D eigenvalue weighted by Crippen LogP contribution is 2.64. The normalized spacial score (nSPS) is 35.4. The lowest BCUT2D eigenvalue weighted by atomic mass is 9.61. The van der Waals surface area contributed by atoms with E-state index in [0.717, 1.165) is 17.9 Å². The first-order valence-corrected chi connectivity index (χ1v) is 9.49. The molecule has 0 aliphatic heterocycles. The van der Waals surface area contributed by atoms with Crippen molar-refractivity contribution in [1.82, 2.24) is 14.6 Å². The maximum absolute atomic E-state index is 12.7. The van der Waals surface area contributed by atoms with Crippen LogP contribution in [0.15, 0.2) is 18.3 Å². The Kier molecular flexibility index (Phi) is 3.45. The van der Waals surface area contributed by atoms with E-state index in [9.17, 15) is 4.79 Å². The molecule has 0 aromatic carbocycles. The van der Waals surface area contributed by atoms with E-state index in [1.807, 2.05) is 25.3 Å². The van der Waals surface area contributed by atoms with Gasteiger partial charge in [0.05, 0.1) is 12.5 Å². The molecule has 2 bridgehead atoms. The van der Waals surface area contributed by atoms with Crippen molar-refractivity contribution in [2.75, 3.05) is 11.9 Å². The van der Waals surface area contributed by atoms with Gasteiger partial charge in [0.15, 0.2) is 5.82 Å². The molecular weight excluding hydrogens is 340 g/mol. The van der Waals surface area contributed by atoms with Crippen LogP contribution in [0.2, 0.25) is 5.28 Å². The van der Waals surface area contributed by atoms with Crippen LogP contribution in [-0.4, -0.2) is 33.2 Å². The Morgan fingerprint density at radius 2 is 2.16 bits per heavy atom. The predicted octanol–water partition coefficient (Wildman–Crippen LogP) is 3.02. The lowest BCUT2D eigenvalue weighted by Gasteiger charge is -2.47. The number of carbonyl (C=O) groups excluding carboxylic acids is 1. The largest absolute Gasteiger partial charge is 0.466 e. The summed E-state index contributed by atoms with van der Waals surface area (Å²) in [7, 11) is 0. The molecule has 1 N–H and O–H groups in total. The number of ether oxygens (including phenoxy) is 1. The minimum Gasteiger partial charge on any atom is -0.466 e. The molecular formula is C18H21ClN4O2. The summed E-state index contributed by atoms with van der Waals surface area (Å²) in [4.78, 5) is 17.1. The van der Waals surface area contributed by atoms with Gasteiger partial charge in [-0.15, -0.1) is 5.10 Å². The Labute approximate surface area is 150 Å². The monoisotopic (exact) mass is 360 g/mol. The minimum atomic E-state index is -0.0915.